The number of rotatable bonds is 6. The third kappa shape index (κ3) is 4.55. The molecule has 0 aliphatic heterocycles. The number of halogens is 2. The van der Waals surface area contributed by atoms with Gasteiger partial charge in [0.25, 0.3) is 0 Å². The van der Waals surface area contributed by atoms with Crippen LogP contribution in [0.4, 0.5) is 10.1 Å². The van der Waals surface area contributed by atoms with Crippen LogP contribution in [-0.4, -0.2) is 31.4 Å². The molecule has 0 aliphatic rings. The number of fused-ring (bicyclic) bond motifs is 1. The molecule has 2 aromatic heterocycles. The van der Waals surface area contributed by atoms with Crippen molar-refractivity contribution in [1.29, 1.82) is 0 Å². The van der Waals surface area contributed by atoms with Crippen molar-refractivity contribution in [2.75, 3.05) is 11.1 Å². The first-order valence-corrected chi connectivity index (χ1v) is 10.0. The monoisotopic (exact) mass is 427 g/mol. The summed E-state index contributed by atoms with van der Waals surface area (Å²) in [6.07, 6.45) is 3.17. The maximum atomic E-state index is 13.2. The minimum atomic E-state index is -0.532. The minimum absolute atomic E-state index is 0.0428. The van der Waals surface area contributed by atoms with E-state index in [0.717, 1.165) is 10.9 Å². The first-order valence-electron chi connectivity index (χ1n) is 8.68. The van der Waals surface area contributed by atoms with Gasteiger partial charge in [0, 0.05) is 5.69 Å². The van der Waals surface area contributed by atoms with Crippen LogP contribution in [0.25, 0.3) is 11.0 Å². The van der Waals surface area contributed by atoms with Crippen LogP contribution in [0.1, 0.15) is 5.56 Å². The van der Waals surface area contributed by atoms with E-state index in [2.05, 4.69) is 20.4 Å². The summed E-state index contributed by atoms with van der Waals surface area (Å²) in [5, 5.41) is 8.51. The highest BCUT2D eigenvalue weighted by molar-refractivity contribution is 8.00. The molecule has 1 amide bonds. The van der Waals surface area contributed by atoms with Crippen LogP contribution in [0.3, 0.4) is 0 Å². The maximum absolute atomic E-state index is 13.2. The van der Waals surface area contributed by atoms with E-state index >= 15 is 0 Å². The number of amides is 1. The number of thioether (sulfide) groups is 1. The predicted octanol–water partition coefficient (Wildman–Crippen LogP) is 4.40. The smallest absolute Gasteiger partial charge is 0.234 e. The fourth-order valence-corrected chi connectivity index (χ4v) is 3.71. The van der Waals surface area contributed by atoms with Gasteiger partial charge in [-0.25, -0.2) is 19.0 Å². The minimum Gasteiger partial charge on any atom is -0.325 e. The lowest BCUT2D eigenvalue weighted by molar-refractivity contribution is -0.113. The molecular formula is C20H15ClFN5OS. The van der Waals surface area contributed by atoms with E-state index in [1.165, 1.54) is 36.3 Å². The average molecular weight is 428 g/mol. The van der Waals surface area contributed by atoms with E-state index in [1.54, 1.807) is 10.9 Å². The van der Waals surface area contributed by atoms with Crippen LogP contribution < -0.4 is 5.32 Å². The topological polar surface area (TPSA) is 72.7 Å². The van der Waals surface area contributed by atoms with E-state index < -0.39 is 5.82 Å². The Labute approximate surface area is 175 Å². The van der Waals surface area contributed by atoms with Gasteiger partial charge in [-0.3, -0.25) is 4.79 Å². The molecule has 2 aromatic carbocycles. The van der Waals surface area contributed by atoms with Crippen molar-refractivity contribution in [1.82, 2.24) is 19.7 Å². The second-order valence-electron chi connectivity index (χ2n) is 6.17. The fraction of sp³-hybridized carbons (Fsp3) is 0.100. The molecule has 9 heteroatoms. The second-order valence-corrected chi connectivity index (χ2v) is 7.54. The van der Waals surface area contributed by atoms with E-state index in [0.29, 0.717) is 22.9 Å². The molecule has 0 saturated carbocycles. The highest BCUT2D eigenvalue weighted by Crippen LogP contribution is 2.25. The zero-order valence-corrected chi connectivity index (χ0v) is 16.6. The number of carbonyl (C=O) groups is 1. The Hall–Kier alpha value is -2.97. The van der Waals surface area contributed by atoms with E-state index in [-0.39, 0.29) is 16.7 Å². The van der Waals surface area contributed by atoms with Gasteiger partial charge in [-0.05, 0) is 23.8 Å². The zero-order chi connectivity index (χ0) is 20.2. The summed E-state index contributed by atoms with van der Waals surface area (Å²) in [5.41, 5.74) is 2.25. The molecule has 0 aliphatic carbocycles. The molecule has 6 nitrogen and oxygen atoms in total. The summed E-state index contributed by atoms with van der Waals surface area (Å²) in [6, 6.07) is 14.0. The molecule has 0 spiro atoms. The van der Waals surface area contributed by atoms with Gasteiger partial charge in [-0.1, -0.05) is 53.7 Å². The Morgan fingerprint density at radius 3 is 2.79 bits per heavy atom. The number of carbonyl (C=O) groups excluding carboxylic acids is 1. The number of nitrogens with zero attached hydrogens (tertiary/aromatic N) is 4. The number of nitrogens with one attached hydrogen (secondary N) is 1. The molecule has 2 heterocycles. The first-order chi connectivity index (χ1) is 14.1. The van der Waals surface area contributed by atoms with Crippen molar-refractivity contribution in [2.24, 2.45) is 0 Å². The zero-order valence-electron chi connectivity index (χ0n) is 15.0. The van der Waals surface area contributed by atoms with Crippen molar-refractivity contribution < 1.29 is 9.18 Å². The van der Waals surface area contributed by atoms with Crippen LogP contribution in [0.15, 0.2) is 66.1 Å². The summed E-state index contributed by atoms with van der Waals surface area (Å²) >= 11 is 7.02. The molecule has 4 aromatic rings. The predicted molar refractivity (Wildman–Crippen MR) is 112 cm³/mol. The Bertz CT molecular complexity index is 1170. The molecule has 0 atom stereocenters. The number of hydrogen-bond acceptors (Lipinski definition) is 5. The standard InChI is InChI=1S/C20H15ClFN5OS/c21-16-8-14(6-7-17(16)22)26-18(28)11-29-20-15-9-25-27(19(15)23-12-24-20)10-13-4-2-1-3-5-13/h1-9,12H,10-11H2,(H,26,28). The molecule has 0 bridgehead atoms. The van der Waals surface area contributed by atoms with Gasteiger partial charge in [0.15, 0.2) is 5.65 Å². The van der Waals surface area contributed by atoms with Gasteiger partial charge in [0.1, 0.15) is 17.2 Å². The van der Waals surface area contributed by atoms with Gasteiger partial charge in [-0.15, -0.1) is 0 Å². The fourth-order valence-electron chi connectivity index (χ4n) is 2.76. The number of hydrogen-bond donors (Lipinski definition) is 1. The number of anilines is 1. The normalized spacial score (nSPS) is 11.0. The van der Waals surface area contributed by atoms with Crippen LogP contribution in [0.2, 0.25) is 5.02 Å². The Kier molecular flexibility index (Phi) is 5.73. The lowest BCUT2D eigenvalue weighted by Gasteiger charge is -2.06. The van der Waals surface area contributed by atoms with Crippen molar-refractivity contribution in [3.63, 3.8) is 0 Å². The van der Waals surface area contributed by atoms with Crippen molar-refractivity contribution in [3.05, 3.63) is 77.5 Å². The van der Waals surface area contributed by atoms with E-state index in [9.17, 15) is 9.18 Å². The van der Waals surface area contributed by atoms with E-state index in [1.807, 2.05) is 30.3 Å². The Morgan fingerprint density at radius 2 is 2.00 bits per heavy atom. The number of aromatic nitrogens is 4. The second kappa shape index (κ2) is 8.59. The van der Waals surface area contributed by atoms with Crippen molar-refractivity contribution >= 4 is 46.0 Å². The van der Waals surface area contributed by atoms with Gasteiger partial charge in [0.05, 0.1) is 28.9 Å². The Morgan fingerprint density at radius 1 is 1.17 bits per heavy atom. The highest BCUT2D eigenvalue weighted by atomic mass is 35.5. The summed E-state index contributed by atoms with van der Waals surface area (Å²) in [4.78, 5) is 20.8. The Balaban J connectivity index is 1.45. The van der Waals surface area contributed by atoms with Gasteiger partial charge in [0.2, 0.25) is 5.91 Å². The van der Waals surface area contributed by atoms with Gasteiger partial charge >= 0.3 is 0 Å². The highest BCUT2D eigenvalue weighted by Gasteiger charge is 2.13. The third-order valence-electron chi connectivity index (χ3n) is 4.12. The molecular weight excluding hydrogens is 413 g/mol. The summed E-state index contributed by atoms with van der Waals surface area (Å²) in [5.74, 6) is -0.652. The lowest BCUT2D eigenvalue weighted by Crippen LogP contribution is -2.14. The maximum Gasteiger partial charge on any atom is 0.234 e. The van der Waals surface area contributed by atoms with Crippen molar-refractivity contribution in [2.45, 2.75) is 11.6 Å². The molecule has 0 radical (unpaired) electrons. The van der Waals surface area contributed by atoms with Crippen LogP contribution in [0, 0.1) is 5.82 Å². The summed E-state index contributed by atoms with van der Waals surface area (Å²) in [6.45, 7) is 0.595. The van der Waals surface area contributed by atoms with Crippen molar-refractivity contribution in [3.8, 4) is 0 Å². The van der Waals surface area contributed by atoms with E-state index in [4.69, 9.17) is 11.6 Å². The molecule has 0 fully saturated rings. The molecule has 0 saturated heterocycles. The SMILES string of the molecule is O=C(CSc1ncnc2c1cnn2Cc1ccccc1)Nc1ccc(F)c(Cl)c1. The largest absolute Gasteiger partial charge is 0.325 e. The molecule has 29 heavy (non-hydrogen) atoms. The summed E-state index contributed by atoms with van der Waals surface area (Å²) in [7, 11) is 0. The molecule has 1 N–H and O–H groups in total. The lowest BCUT2D eigenvalue weighted by atomic mass is 10.2. The van der Waals surface area contributed by atoms with Gasteiger partial charge in [-0.2, -0.15) is 5.10 Å². The molecule has 4 rings (SSSR count). The quantitative estimate of drug-likeness (QED) is 0.365. The van der Waals surface area contributed by atoms with Gasteiger partial charge < -0.3 is 5.32 Å². The summed E-state index contributed by atoms with van der Waals surface area (Å²) < 4.78 is 15.0. The average Bonchev–Trinajstić information content (AvgIpc) is 3.13. The van der Waals surface area contributed by atoms with Crippen LogP contribution >= 0.6 is 23.4 Å². The first kappa shape index (κ1) is 19.4. The number of benzene rings is 2. The van der Waals surface area contributed by atoms with Crippen LogP contribution in [-0.2, 0) is 11.3 Å². The third-order valence-corrected chi connectivity index (χ3v) is 5.41. The van der Waals surface area contributed by atoms with Crippen LogP contribution in [0.5, 0.6) is 0 Å². The molecule has 146 valence electrons. The molecule has 0 unspecified atom stereocenters.